The minimum absolute atomic E-state index is 0.102. The second-order valence-electron chi connectivity index (χ2n) is 5.45. The van der Waals surface area contributed by atoms with Crippen molar-refractivity contribution in [1.29, 1.82) is 0 Å². The van der Waals surface area contributed by atoms with Crippen LogP contribution in [0.3, 0.4) is 0 Å². The van der Waals surface area contributed by atoms with E-state index in [1.54, 1.807) is 6.08 Å². The first-order valence-electron chi connectivity index (χ1n) is 5.81. The molecule has 16 heavy (non-hydrogen) atoms. The molecule has 3 nitrogen and oxygen atoms in total. The summed E-state index contributed by atoms with van der Waals surface area (Å²) in [4.78, 5) is 23.4. The van der Waals surface area contributed by atoms with Gasteiger partial charge in [-0.3, -0.25) is 9.59 Å². The highest BCUT2D eigenvalue weighted by Gasteiger charge is 2.63. The third-order valence-electron chi connectivity index (χ3n) is 4.71. The molecule has 2 aliphatic carbocycles. The van der Waals surface area contributed by atoms with Gasteiger partial charge in [0.1, 0.15) is 5.78 Å². The number of carbonyl (C=O) groups excluding carboxylic acids is 1. The van der Waals surface area contributed by atoms with Gasteiger partial charge in [-0.05, 0) is 24.7 Å². The fourth-order valence-corrected chi connectivity index (χ4v) is 3.92. The Bertz CT molecular complexity index is 360. The van der Waals surface area contributed by atoms with Crippen LogP contribution in [0.5, 0.6) is 0 Å². The summed E-state index contributed by atoms with van der Waals surface area (Å²) in [5, 5.41) is 9.15. The Morgan fingerprint density at radius 3 is 2.81 bits per heavy atom. The first-order valence-corrected chi connectivity index (χ1v) is 5.81. The standard InChI is InChI=1S/C13H18O3/c1-4-5-13(3)9-6-8(11(13)14)10(7(9)2)12(15)16/h4,7-10H,1,5-6H2,2-3H3,(H,15,16)/t7-,8-,9+,10-,13+/m0/s1. The zero-order valence-electron chi connectivity index (χ0n) is 9.77. The van der Waals surface area contributed by atoms with Crippen LogP contribution in [-0.2, 0) is 9.59 Å². The first kappa shape index (κ1) is 11.4. The summed E-state index contributed by atoms with van der Waals surface area (Å²) in [6.07, 6.45) is 3.20. The normalized spacial score (nSPS) is 46.0. The van der Waals surface area contributed by atoms with E-state index in [9.17, 15) is 9.59 Å². The zero-order chi connectivity index (χ0) is 12.1. The highest BCUT2D eigenvalue weighted by atomic mass is 16.4. The molecule has 0 aromatic rings. The third-order valence-corrected chi connectivity index (χ3v) is 4.71. The quantitative estimate of drug-likeness (QED) is 0.744. The fourth-order valence-electron chi connectivity index (χ4n) is 3.92. The predicted molar refractivity (Wildman–Crippen MR) is 59.8 cm³/mol. The van der Waals surface area contributed by atoms with Crippen molar-refractivity contribution in [3.63, 3.8) is 0 Å². The number of ketones is 1. The van der Waals surface area contributed by atoms with Crippen molar-refractivity contribution in [3.8, 4) is 0 Å². The molecule has 0 amide bonds. The summed E-state index contributed by atoms with van der Waals surface area (Å²) >= 11 is 0. The number of rotatable bonds is 3. The molecule has 0 spiro atoms. The molecule has 0 aromatic heterocycles. The number of carboxylic acids is 1. The van der Waals surface area contributed by atoms with Gasteiger partial charge in [-0.1, -0.05) is 19.9 Å². The second kappa shape index (κ2) is 3.44. The molecule has 0 saturated heterocycles. The van der Waals surface area contributed by atoms with Gasteiger partial charge in [-0.15, -0.1) is 6.58 Å². The second-order valence-corrected chi connectivity index (χ2v) is 5.45. The van der Waals surface area contributed by atoms with Crippen LogP contribution in [-0.4, -0.2) is 16.9 Å². The fraction of sp³-hybridized carbons (Fsp3) is 0.692. The first-order chi connectivity index (χ1) is 7.43. The van der Waals surface area contributed by atoms with E-state index in [0.29, 0.717) is 6.42 Å². The van der Waals surface area contributed by atoms with Crippen LogP contribution < -0.4 is 0 Å². The van der Waals surface area contributed by atoms with E-state index < -0.39 is 11.9 Å². The summed E-state index contributed by atoms with van der Waals surface area (Å²) < 4.78 is 0. The van der Waals surface area contributed by atoms with Gasteiger partial charge in [-0.25, -0.2) is 0 Å². The molecule has 0 heterocycles. The molecular formula is C13H18O3. The Kier molecular flexibility index (Phi) is 2.44. The lowest BCUT2D eigenvalue weighted by Gasteiger charge is -2.38. The van der Waals surface area contributed by atoms with Crippen molar-refractivity contribution >= 4 is 11.8 Å². The van der Waals surface area contributed by atoms with Crippen molar-refractivity contribution in [2.45, 2.75) is 26.7 Å². The van der Waals surface area contributed by atoms with Gasteiger partial charge in [0.15, 0.2) is 0 Å². The smallest absolute Gasteiger partial charge is 0.307 e. The van der Waals surface area contributed by atoms with Gasteiger partial charge >= 0.3 is 5.97 Å². The van der Waals surface area contributed by atoms with E-state index in [1.807, 2.05) is 13.8 Å². The third kappa shape index (κ3) is 1.20. The Balaban J connectivity index is 2.33. The topological polar surface area (TPSA) is 54.4 Å². The molecule has 2 bridgehead atoms. The van der Waals surface area contributed by atoms with Gasteiger partial charge in [0.2, 0.25) is 0 Å². The molecule has 0 aromatic carbocycles. The molecule has 0 aliphatic heterocycles. The summed E-state index contributed by atoms with van der Waals surface area (Å²) in [7, 11) is 0. The molecule has 2 rings (SSSR count). The number of fused-ring (bicyclic) bond motifs is 2. The lowest BCUT2D eigenvalue weighted by molar-refractivity contribution is -0.152. The lowest BCUT2D eigenvalue weighted by atomic mass is 9.64. The number of carboxylic acid groups (broad SMARTS) is 1. The van der Waals surface area contributed by atoms with Crippen LogP contribution in [0.4, 0.5) is 0 Å². The number of hydrogen-bond donors (Lipinski definition) is 1. The summed E-state index contributed by atoms with van der Waals surface area (Å²) in [6, 6.07) is 0. The summed E-state index contributed by atoms with van der Waals surface area (Å²) in [5.74, 6) is -1.08. The lowest BCUT2D eigenvalue weighted by Crippen LogP contribution is -2.44. The number of Topliss-reactive ketones (excluding diaryl/α,β-unsaturated/α-hetero) is 1. The Morgan fingerprint density at radius 2 is 2.31 bits per heavy atom. The van der Waals surface area contributed by atoms with E-state index in [-0.39, 0.29) is 29.0 Å². The zero-order valence-corrected chi connectivity index (χ0v) is 9.77. The van der Waals surface area contributed by atoms with Crippen LogP contribution in [0.1, 0.15) is 26.7 Å². The van der Waals surface area contributed by atoms with Crippen molar-refractivity contribution in [2.24, 2.45) is 29.1 Å². The van der Waals surface area contributed by atoms with Gasteiger partial charge < -0.3 is 5.11 Å². The Labute approximate surface area is 95.5 Å². The molecule has 2 aliphatic rings. The highest BCUT2D eigenvalue weighted by Crippen LogP contribution is 2.60. The van der Waals surface area contributed by atoms with Crippen molar-refractivity contribution < 1.29 is 14.7 Å². The van der Waals surface area contributed by atoms with E-state index in [0.717, 1.165) is 6.42 Å². The molecule has 0 radical (unpaired) electrons. The highest BCUT2D eigenvalue weighted by molar-refractivity contribution is 5.94. The van der Waals surface area contributed by atoms with Gasteiger partial charge in [0.05, 0.1) is 5.92 Å². The molecule has 2 saturated carbocycles. The monoisotopic (exact) mass is 222 g/mol. The average molecular weight is 222 g/mol. The number of aliphatic carboxylic acids is 1. The van der Waals surface area contributed by atoms with Crippen LogP contribution in [0, 0.1) is 29.1 Å². The van der Waals surface area contributed by atoms with Crippen LogP contribution >= 0.6 is 0 Å². The largest absolute Gasteiger partial charge is 0.481 e. The minimum Gasteiger partial charge on any atom is -0.481 e. The molecule has 5 atom stereocenters. The predicted octanol–water partition coefficient (Wildman–Crippen LogP) is 2.12. The molecule has 0 unspecified atom stereocenters. The van der Waals surface area contributed by atoms with E-state index in [4.69, 9.17) is 5.11 Å². The van der Waals surface area contributed by atoms with Crippen LogP contribution in [0.25, 0.3) is 0 Å². The number of hydrogen-bond acceptors (Lipinski definition) is 2. The van der Waals surface area contributed by atoms with Gasteiger partial charge in [0, 0.05) is 11.3 Å². The van der Waals surface area contributed by atoms with E-state index in [2.05, 4.69) is 6.58 Å². The van der Waals surface area contributed by atoms with Crippen molar-refractivity contribution in [2.75, 3.05) is 0 Å². The molecule has 3 heteroatoms. The Morgan fingerprint density at radius 1 is 1.69 bits per heavy atom. The van der Waals surface area contributed by atoms with Crippen LogP contribution in [0.15, 0.2) is 12.7 Å². The molecule has 1 N–H and O–H groups in total. The SMILES string of the molecule is C=CC[C@@]1(C)C(=O)[C@H]2C[C@@H]1[C@H](C)[C@@H]2C(=O)O. The van der Waals surface area contributed by atoms with Crippen molar-refractivity contribution in [3.05, 3.63) is 12.7 Å². The summed E-state index contributed by atoms with van der Waals surface area (Å²) in [5.41, 5.74) is -0.363. The van der Waals surface area contributed by atoms with Crippen molar-refractivity contribution in [1.82, 2.24) is 0 Å². The molecule has 2 fully saturated rings. The Hall–Kier alpha value is -1.12. The maximum absolute atomic E-state index is 12.2. The van der Waals surface area contributed by atoms with E-state index in [1.165, 1.54) is 0 Å². The summed E-state index contributed by atoms with van der Waals surface area (Å²) in [6.45, 7) is 7.64. The van der Waals surface area contributed by atoms with E-state index >= 15 is 0 Å². The number of carbonyl (C=O) groups is 2. The van der Waals surface area contributed by atoms with Gasteiger partial charge in [-0.2, -0.15) is 0 Å². The van der Waals surface area contributed by atoms with Gasteiger partial charge in [0.25, 0.3) is 0 Å². The maximum Gasteiger partial charge on any atom is 0.307 e. The minimum atomic E-state index is -0.811. The molecule has 88 valence electrons. The van der Waals surface area contributed by atoms with Crippen LogP contribution in [0.2, 0.25) is 0 Å². The average Bonchev–Trinajstić information content (AvgIpc) is 2.64. The maximum atomic E-state index is 12.2. The number of allylic oxidation sites excluding steroid dienone is 1. The molecular weight excluding hydrogens is 204 g/mol.